The third-order valence-corrected chi connectivity index (χ3v) is 16.5. The van der Waals surface area contributed by atoms with Gasteiger partial charge in [0.05, 0.1) is 58.1 Å². The summed E-state index contributed by atoms with van der Waals surface area (Å²) in [7, 11) is -2.39. The number of aliphatic hydroxyl groups is 1. The predicted octanol–water partition coefficient (Wildman–Crippen LogP) is 13.4. The summed E-state index contributed by atoms with van der Waals surface area (Å²) in [5, 5.41) is 16.0. The van der Waals surface area contributed by atoms with Gasteiger partial charge in [0.25, 0.3) is 0 Å². The van der Waals surface area contributed by atoms with Crippen LogP contribution in [-0.2, 0) is 88.4 Å². The number of phosphoric ester groups is 2. The number of rotatable bonds is 48. The first-order valence-electron chi connectivity index (χ1n) is 29.5. The normalized spacial score (nSPS) is 22.9. The first-order chi connectivity index (χ1) is 42.4. The fourth-order valence-electron chi connectivity index (χ4n) is 8.75. The maximum atomic E-state index is 13.8. The van der Waals surface area contributed by atoms with Crippen LogP contribution < -0.4 is 10.6 Å². The van der Waals surface area contributed by atoms with E-state index in [1.807, 2.05) is 0 Å². The van der Waals surface area contributed by atoms with Gasteiger partial charge in [-0.25, -0.2) is 18.7 Å². The van der Waals surface area contributed by atoms with Crippen LogP contribution in [0.2, 0.25) is 0 Å². The second-order valence-electron chi connectivity index (χ2n) is 20.1. The van der Waals surface area contributed by atoms with Crippen LogP contribution in [0.1, 0.15) is 111 Å². The van der Waals surface area contributed by atoms with Crippen molar-refractivity contribution in [2.24, 2.45) is 0 Å². The van der Waals surface area contributed by atoms with Crippen LogP contribution in [0.15, 0.2) is 63.0 Å². The average molecular weight is 1460 g/mol. The molecule has 528 valence electrons. The van der Waals surface area contributed by atoms with Gasteiger partial charge >= 0.3 is 27.8 Å². The molecule has 0 aliphatic carbocycles. The minimum absolute atomic E-state index is 0. The van der Waals surface area contributed by atoms with Crippen LogP contribution in [-0.4, -0.2) is 193 Å². The number of carbonyl (C=O) groups excluding carboxylic acids is 2. The number of ether oxygens (including phenoxy) is 11. The zero-order valence-corrected chi connectivity index (χ0v) is 59.1. The van der Waals surface area contributed by atoms with E-state index in [0.29, 0.717) is 12.8 Å². The van der Waals surface area contributed by atoms with Crippen LogP contribution in [0.3, 0.4) is 0 Å². The Morgan fingerprint density at radius 2 is 0.956 bits per heavy atom. The SMILES string of the molecule is C=CCOP(=O)(OCC=C)O[C@@H]1C(COC)OC(O)[C@H](NC(=O)OCC(Cl)(Cl)Cl)[C@H]1OCC[C@@H](CCCCCCC)OC.C=CCOP(=O)(OCC=C)O[C@@H]1C(COC)O[C@H](O/C=C\C)[C@H](NC(=O)OCC(Cl)(Cl)Cl)[C@H]1OCC[C@@H](CCCCCCC)OC.F. The Morgan fingerprint density at radius 1 is 0.578 bits per heavy atom. The highest BCUT2D eigenvalue weighted by Crippen LogP contribution is 2.54. The summed E-state index contributed by atoms with van der Waals surface area (Å²) < 4.78 is 120. The highest BCUT2D eigenvalue weighted by Gasteiger charge is 2.54. The summed E-state index contributed by atoms with van der Waals surface area (Å²) >= 11 is 34.4. The molecule has 24 nitrogen and oxygen atoms in total. The number of aliphatic hydroxyl groups excluding tert-OH is 1. The van der Waals surface area contributed by atoms with Crippen LogP contribution in [0.25, 0.3) is 0 Å². The van der Waals surface area contributed by atoms with E-state index < -0.39 is 110 Å². The number of halogens is 7. The maximum absolute atomic E-state index is 13.8. The summed E-state index contributed by atoms with van der Waals surface area (Å²) in [5.41, 5.74) is 0. The van der Waals surface area contributed by atoms with Crippen molar-refractivity contribution in [1.82, 2.24) is 10.6 Å². The van der Waals surface area contributed by atoms with Gasteiger partial charge in [-0.3, -0.25) is 31.8 Å². The number of unbranched alkanes of at least 4 members (excludes halogenated alkanes) is 8. The van der Waals surface area contributed by atoms with Crippen molar-refractivity contribution in [3.8, 4) is 0 Å². The molecule has 0 radical (unpaired) electrons. The standard InChI is InChI=1S/C30H51Cl3NO11P.C27H47Cl3NO11P.FH/c1-7-11-12-13-14-15-23(38-6)16-20-39-27-25(34-29(35)41-22-30(31,32)33)28(40-17-8-2)44-24(21-37-5)26(27)45-46(36,42-18-9-3)43-19-10-4;1-6-9-10-11-12-13-20(36-5)14-17-37-24-22(31-26(33)38-19-27(28,29)30)25(32)41-21(18-35-4)23(24)42-43(34,39-15-7-2)40-16-8-3;/h8-10,17,23-28H,3-4,7,11-16,18-22H2,1-2,5-6H3,(H,34,35);7-8,20-25,32H,2-3,6,9-19H2,1,4-5H3,(H,31,33);1H/b17-8-;;/t23-,24?,25-,26-,27-,28+;20-,21?,22-,23-,24-,25?;/m11./s1. The van der Waals surface area contributed by atoms with Gasteiger partial charge in [-0.05, 0) is 32.6 Å². The first kappa shape index (κ1) is 88.6. The lowest BCUT2D eigenvalue weighted by atomic mass is 9.96. The molecule has 12 atom stereocenters. The number of amides is 2. The molecule has 2 aliphatic heterocycles. The number of alkyl carbamates (subject to hydrolysis) is 2. The molecule has 0 spiro atoms. The van der Waals surface area contributed by atoms with Gasteiger partial charge < -0.3 is 67.8 Å². The van der Waals surface area contributed by atoms with Crippen molar-refractivity contribution < 1.29 is 108 Å². The summed E-state index contributed by atoms with van der Waals surface area (Å²) in [5.74, 6) is 0. The molecular weight excluding hydrogens is 1360 g/mol. The van der Waals surface area contributed by atoms with Gasteiger partial charge in [0, 0.05) is 41.7 Å². The molecule has 90 heavy (non-hydrogen) atoms. The Hall–Kier alpha value is -1.43. The summed E-state index contributed by atoms with van der Waals surface area (Å²) in [4.78, 5) is 25.5. The summed E-state index contributed by atoms with van der Waals surface area (Å²) in [6, 6.07) is -2.39. The van der Waals surface area contributed by atoms with E-state index in [0.717, 1.165) is 57.8 Å². The van der Waals surface area contributed by atoms with E-state index in [9.17, 15) is 23.8 Å². The molecule has 0 saturated carbocycles. The highest BCUT2D eigenvalue weighted by molar-refractivity contribution is 7.48. The molecule has 3 N–H and O–H groups in total. The van der Waals surface area contributed by atoms with E-state index in [1.54, 1.807) is 27.2 Å². The third-order valence-electron chi connectivity index (χ3n) is 13.0. The monoisotopic (exact) mass is 1450 g/mol. The molecule has 0 bridgehead atoms. The molecule has 0 aromatic heterocycles. The van der Waals surface area contributed by atoms with E-state index in [-0.39, 0.29) is 69.8 Å². The van der Waals surface area contributed by atoms with E-state index >= 15 is 0 Å². The number of allylic oxidation sites excluding steroid dienone is 1. The minimum atomic E-state index is -4.28. The van der Waals surface area contributed by atoms with Gasteiger partial charge in [0.1, 0.15) is 61.9 Å². The topological polar surface area (TPSA) is 269 Å². The molecule has 2 heterocycles. The average Bonchev–Trinajstić information content (AvgIpc) is 0.827. The van der Waals surface area contributed by atoms with Crippen molar-refractivity contribution in [3.63, 3.8) is 0 Å². The number of methoxy groups -OCH3 is 4. The Labute approximate surface area is 562 Å². The Kier molecular flexibility index (Phi) is 50.1. The number of hydrogen-bond acceptors (Lipinski definition) is 22. The predicted molar refractivity (Wildman–Crippen MR) is 345 cm³/mol. The number of alkyl halides is 6. The van der Waals surface area contributed by atoms with Crippen LogP contribution >= 0.6 is 85.3 Å². The largest absolute Gasteiger partial charge is 0.475 e. The van der Waals surface area contributed by atoms with Crippen molar-refractivity contribution >= 4 is 97.4 Å². The molecule has 0 aromatic carbocycles. The van der Waals surface area contributed by atoms with E-state index in [2.05, 4.69) is 50.8 Å². The number of carbonyl (C=O) groups is 2. The molecule has 3 unspecified atom stereocenters. The van der Waals surface area contributed by atoms with Gasteiger partial charge in [0.15, 0.2) is 6.29 Å². The van der Waals surface area contributed by atoms with Crippen molar-refractivity contribution in [2.75, 3.05) is 94.5 Å². The van der Waals surface area contributed by atoms with Crippen molar-refractivity contribution in [3.05, 3.63) is 63.0 Å². The molecule has 2 fully saturated rings. The zero-order valence-electron chi connectivity index (χ0n) is 52.8. The fraction of sp³-hybridized carbons (Fsp3) is 0.789. The van der Waals surface area contributed by atoms with E-state index in [1.165, 1.54) is 64.0 Å². The summed E-state index contributed by atoms with van der Waals surface area (Å²) in [6.07, 6.45) is 11.0. The Morgan fingerprint density at radius 3 is 1.31 bits per heavy atom. The number of nitrogens with one attached hydrogen (secondary N) is 2. The lowest BCUT2D eigenvalue weighted by Gasteiger charge is -2.45. The van der Waals surface area contributed by atoms with Crippen LogP contribution in [0.4, 0.5) is 14.3 Å². The molecule has 33 heteroatoms. The van der Waals surface area contributed by atoms with Gasteiger partial charge in [-0.15, -0.1) is 26.3 Å². The van der Waals surface area contributed by atoms with Gasteiger partial charge in [-0.1, -0.05) is 178 Å². The molecule has 2 rings (SSSR count). The Balaban J connectivity index is 0.00000174. The smallest absolute Gasteiger partial charge is 0.471 e. The van der Waals surface area contributed by atoms with Crippen LogP contribution in [0, 0.1) is 0 Å². The molecule has 2 amide bonds. The van der Waals surface area contributed by atoms with Gasteiger partial charge in [0.2, 0.25) is 13.9 Å². The van der Waals surface area contributed by atoms with Crippen molar-refractivity contribution in [1.29, 1.82) is 0 Å². The number of hydrogen-bond donors (Lipinski definition) is 3. The third kappa shape index (κ3) is 38.3. The molecule has 2 aliphatic rings. The maximum Gasteiger partial charge on any atom is 0.475 e. The zero-order chi connectivity index (χ0) is 66.7. The lowest BCUT2D eigenvalue weighted by Crippen LogP contribution is -2.66. The second kappa shape index (κ2) is 50.9. The quantitative estimate of drug-likeness (QED) is 0.0168. The number of phosphoric acid groups is 2. The minimum Gasteiger partial charge on any atom is -0.471 e. The van der Waals surface area contributed by atoms with Gasteiger partial charge in [-0.2, -0.15) is 0 Å². The van der Waals surface area contributed by atoms with E-state index in [4.69, 9.17) is 149 Å². The molecule has 2 saturated heterocycles. The molecular formula is C57H99Cl6FN2O22P2. The first-order valence-corrected chi connectivity index (χ1v) is 34.7. The summed E-state index contributed by atoms with van der Waals surface area (Å²) in [6.45, 7) is 18.8. The Bertz CT molecular complexity index is 2050. The fourth-order valence-corrected chi connectivity index (χ4v) is 11.7. The highest BCUT2D eigenvalue weighted by atomic mass is 35.6. The lowest BCUT2D eigenvalue weighted by molar-refractivity contribution is -0.262. The van der Waals surface area contributed by atoms with Crippen LogP contribution in [0.5, 0.6) is 0 Å². The van der Waals surface area contributed by atoms with Crippen molar-refractivity contribution in [2.45, 2.75) is 192 Å². The molecule has 0 aromatic rings. The second-order valence-corrected chi connectivity index (χ2v) is 28.4.